The van der Waals surface area contributed by atoms with E-state index < -0.39 is 0 Å². The molecule has 0 aliphatic carbocycles. The van der Waals surface area contributed by atoms with Crippen molar-refractivity contribution in [3.05, 3.63) is 52.9 Å². The van der Waals surface area contributed by atoms with E-state index in [0.717, 1.165) is 22.1 Å². The molecule has 0 bridgehead atoms. The van der Waals surface area contributed by atoms with E-state index in [-0.39, 0.29) is 0 Å². The van der Waals surface area contributed by atoms with Crippen LogP contribution in [0.15, 0.2) is 36.7 Å². The lowest BCUT2D eigenvalue weighted by molar-refractivity contribution is 1.05. The molecule has 4 heteroatoms. The summed E-state index contributed by atoms with van der Waals surface area (Å²) in [6.45, 7) is 2.64. The van der Waals surface area contributed by atoms with Gasteiger partial charge in [-0.15, -0.1) is 0 Å². The van der Waals surface area contributed by atoms with Crippen LogP contribution in [0, 0.1) is 6.92 Å². The zero-order valence-electron chi connectivity index (χ0n) is 8.94. The molecule has 1 N–H and O–H groups in total. The van der Waals surface area contributed by atoms with Crippen molar-refractivity contribution in [2.24, 2.45) is 0 Å². The molecular weight excluding hydrogens is 222 g/mol. The molecule has 16 heavy (non-hydrogen) atoms. The van der Waals surface area contributed by atoms with Gasteiger partial charge in [0.2, 0.25) is 0 Å². The van der Waals surface area contributed by atoms with E-state index in [1.54, 1.807) is 6.33 Å². The summed E-state index contributed by atoms with van der Waals surface area (Å²) in [5.74, 6) is 0.826. The van der Waals surface area contributed by atoms with Gasteiger partial charge < -0.3 is 5.32 Å². The van der Waals surface area contributed by atoms with Gasteiger partial charge >= 0.3 is 0 Å². The Hall–Kier alpha value is -1.61. The molecule has 3 nitrogen and oxygen atoms in total. The molecule has 2 aromatic rings. The molecule has 0 atom stereocenters. The predicted molar refractivity (Wildman–Crippen MR) is 65.5 cm³/mol. The first-order valence-electron chi connectivity index (χ1n) is 5.01. The van der Waals surface area contributed by atoms with Crippen LogP contribution in [0.25, 0.3) is 0 Å². The third-order valence-electron chi connectivity index (χ3n) is 2.17. The number of benzene rings is 1. The number of nitrogens with zero attached hydrogens (tertiary/aromatic N) is 2. The molecule has 1 aromatic carbocycles. The van der Waals surface area contributed by atoms with E-state index in [2.05, 4.69) is 15.3 Å². The van der Waals surface area contributed by atoms with Crippen LogP contribution in [0.3, 0.4) is 0 Å². The fourth-order valence-corrected chi connectivity index (χ4v) is 1.60. The van der Waals surface area contributed by atoms with Crippen molar-refractivity contribution in [1.29, 1.82) is 0 Å². The second kappa shape index (κ2) is 4.94. The summed E-state index contributed by atoms with van der Waals surface area (Å²) in [4.78, 5) is 8.16. The van der Waals surface area contributed by atoms with E-state index >= 15 is 0 Å². The molecule has 0 fully saturated rings. The lowest BCUT2D eigenvalue weighted by Crippen LogP contribution is -2.01. The normalized spacial score (nSPS) is 10.1. The summed E-state index contributed by atoms with van der Waals surface area (Å²) >= 11 is 5.90. The van der Waals surface area contributed by atoms with E-state index in [1.807, 2.05) is 37.3 Å². The Bertz CT molecular complexity index is 440. The van der Waals surface area contributed by atoms with Gasteiger partial charge in [-0.1, -0.05) is 23.7 Å². The average molecular weight is 234 g/mol. The highest BCUT2D eigenvalue weighted by atomic mass is 35.5. The number of nitrogens with one attached hydrogen (secondary N) is 1. The third kappa shape index (κ3) is 2.94. The molecule has 0 radical (unpaired) electrons. The van der Waals surface area contributed by atoms with Gasteiger partial charge in [0.25, 0.3) is 0 Å². The van der Waals surface area contributed by atoms with Gasteiger partial charge in [-0.05, 0) is 24.6 Å². The Labute approximate surface area is 99.5 Å². The minimum Gasteiger partial charge on any atom is -0.366 e. The number of hydrogen-bond acceptors (Lipinski definition) is 3. The van der Waals surface area contributed by atoms with Crippen molar-refractivity contribution in [1.82, 2.24) is 9.97 Å². The van der Waals surface area contributed by atoms with Gasteiger partial charge in [-0.3, -0.25) is 0 Å². The zero-order valence-corrected chi connectivity index (χ0v) is 9.70. The molecule has 0 amide bonds. The Balaban J connectivity index is 2.02. The van der Waals surface area contributed by atoms with Crippen LogP contribution in [-0.2, 0) is 6.54 Å². The minimum atomic E-state index is 0.705. The molecule has 0 saturated heterocycles. The molecule has 0 saturated carbocycles. The fourth-order valence-electron chi connectivity index (χ4n) is 1.39. The van der Waals surface area contributed by atoms with Crippen molar-refractivity contribution in [3.63, 3.8) is 0 Å². The van der Waals surface area contributed by atoms with Crippen LogP contribution in [0.5, 0.6) is 0 Å². The quantitative estimate of drug-likeness (QED) is 0.886. The van der Waals surface area contributed by atoms with Crippen LogP contribution < -0.4 is 5.32 Å². The number of anilines is 1. The molecule has 0 spiro atoms. The lowest BCUT2D eigenvalue weighted by Gasteiger charge is -2.05. The van der Waals surface area contributed by atoms with Gasteiger partial charge in [-0.25, -0.2) is 9.97 Å². The zero-order chi connectivity index (χ0) is 11.4. The summed E-state index contributed by atoms with van der Waals surface area (Å²) in [7, 11) is 0. The molecule has 0 unspecified atom stereocenters. The SMILES string of the molecule is Cc1cc(NCc2cccc(Cl)c2)ncn1. The third-order valence-corrected chi connectivity index (χ3v) is 2.40. The van der Waals surface area contributed by atoms with Gasteiger partial charge in [0.05, 0.1) is 0 Å². The highest BCUT2D eigenvalue weighted by Crippen LogP contribution is 2.12. The molecule has 2 rings (SSSR count). The van der Waals surface area contributed by atoms with Gasteiger partial charge in [0.15, 0.2) is 0 Å². The van der Waals surface area contributed by atoms with Crippen LogP contribution >= 0.6 is 11.6 Å². The first-order chi connectivity index (χ1) is 7.74. The van der Waals surface area contributed by atoms with Crippen LogP contribution in [0.1, 0.15) is 11.3 Å². The summed E-state index contributed by atoms with van der Waals surface area (Å²) in [6, 6.07) is 9.66. The van der Waals surface area contributed by atoms with Crippen molar-refractivity contribution >= 4 is 17.4 Å². The second-order valence-corrected chi connectivity index (χ2v) is 3.96. The van der Waals surface area contributed by atoms with E-state index in [0.29, 0.717) is 6.54 Å². The first kappa shape index (κ1) is 10.9. The average Bonchev–Trinajstić information content (AvgIpc) is 2.27. The molecule has 1 heterocycles. The smallest absolute Gasteiger partial charge is 0.129 e. The van der Waals surface area contributed by atoms with Crippen LogP contribution in [0.2, 0.25) is 5.02 Å². The first-order valence-corrected chi connectivity index (χ1v) is 5.39. The fraction of sp³-hybridized carbons (Fsp3) is 0.167. The highest BCUT2D eigenvalue weighted by molar-refractivity contribution is 6.30. The summed E-state index contributed by atoms with van der Waals surface area (Å²) in [5.41, 5.74) is 2.08. The summed E-state index contributed by atoms with van der Waals surface area (Å²) in [5, 5.41) is 3.97. The molecule has 0 aliphatic heterocycles. The maximum absolute atomic E-state index is 5.90. The van der Waals surface area contributed by atoms with Crippen molar-refractivity contribution in [2.75, 3.05) is 5.32 Å². The summed E-state index contributed by atoms with van der Waals surface area (Å²) < 4.78 is 0. The molecule has 82 valence electrons. The van der Waals surface area contributed by atoms with Crippen LogP contribution in [0.4, 0.5) is 5.82 Å². The monoisotopic (exact) mass is 233 g/mol. The minimum absolute atomic E-state index is 0.705. The van der Waals surface area contributed by atoms with Crippen molar-refractivity contribution in [2.45, 2.75) is 13.5 Å². The Morgan fingerprint density at radius 3 is 2.88 bits per heavy atom. The van der Waals surface area contributed by atoms with E-state index in [4.69, 9.17) is 11.6 Å². The maximum atomic E-state index is 5.90. The van der Waals surface area contributed by atoms with Crippen molar-refractivity contribution < 1.29 is 0 Å². The predicted octanol–water partition coefficient (Wildman–Crippen LogP) is 3.05. The molecule has 1 aromatic heterocycles. The highest BCUT2D eigenvalue weighted by Gasteiger charge is 1.96. The topological polar surface area (TPSA) is 37.8 Å². The van der Waals surface area contributed by atoms with E-state index in [9.17, 15) is 0 Å². The Morgan fingerprint density at radius 1 is 1.25 bits per heavy atom. The molecular formula is C12H12ClN3. The standard InChI is InChI=1S/C12H12ClN3/c1-9-5-12(16-8-15-9)14-7-10-3-2-4-11(13)6-10/h2-6,8H,7H2,1H3,(H,14,15,16). The largest absolute Gasteiger partial charge is 0.366 e. The van der Waals surface area contributed by atoms with E-state index in [1.165, 1.54) is 0 Å². The van der Waals surface area contributed by atoms with Crippen LogP contribution in [-0.4, -0.2) is 9.97 Å². The molecule has 0 aliphatic rings. The second-order valence-electron chi connectivity index (χ2n) is 3.53. The van der Waals surface area contributed by atoms with Crippen molar-refractivity contribution in [3.8, 4) is 0 Å². The Kier molecular flexibility index (Phi) is 3.37. The van der Waals surface area contributed by atoms with Gasteiger partial charge in [0, 0.05) is 23.3 Å². The number of aryl methyl sites for hydroxylation is 1. The lowest BCUT2D eigenvalue weighted by atomic mass is 10.2. The Morgan fingerprint density at radius 2 is 2.12 bits per heavy atom. The maximum Gasteiger partial charge on any atom is 0.129 e. The summed E-state index contributed by atoms with van der Waals surface area (Å²) in [6.07, 6.45) is 1.55. The van der Waals surface area contributed by atoms with Gasteiger partial charge in [0.1, 0.15) is 12.1 Å². The number of hydrogen-bond donors (Lipinski definition) is 1. The number of halogens is 1. The number of rotatable bonds is 3. The van der Waals surface area contributed by atoms with Gasteiger partial charge in [-0.2, -0.15) is 0 Å². The number of aromatic nitrogens is 2.